The lowest BCUT2D eigenvalue weighted by Crippen LogP contribution is -2.57. The first-order valence-corrected chi connectivity index (χ1v) is 10.2. The summed E-state index contributed by atoms with van der Waals surface area (Å²) in [7, 11) is 0. The number of halogens is 3. The topological polar surface area (TPSA) is 37.4 Å². The Balaban J connectivity index is 1.57. The summed E-state index contributed by atoms with van der Waals surface area (Å²) in [6, 6.07) is 5.59. The van der Waals surface area contributed by atoms with Gasteiger partial charge in [-0.15, -0.1) is 0 Å². The lowest BCUT2D eigenvalue weighted by Gasteiger charge is -2.43. The quantitative estimate of drug-likeness (QED) is 0.848. The average molecular weight is 397 g/mol. The molecule has 2 aliphatic heterocycles. The molecule has 0 saturated carbocycles. The first-order valence-electron chi connectivity index (χ1n) is 9.08. The van der Waals surface area contributed by atoms with Crippen LogP contribution >= 0.6 is 11.8 Å². The molecule has 1 aromatic carbocycles. The number of rotatable bonds is 4. The van der Waals surface area contributed by atoms with E-state index < -0.39 is 11.7 Å². The maximum absolute atomic E-state index is 13.0. The van der Waals surface area contributed by atoms with Gasteiger partial charge in [-0.3, -0.25) is 9.88 Å². The Hall–Kier alpha value is -1.51. The van der Waals surface area contributed by atoms with Crippen molar-refractivity contribution >= 4 is 28.4 Å². The van der Waals surface area contributed by atoms with Crippen LogP contribution in [0.1, 0.15) is 12.0 Å². The van der Waals surface area contributed by atoms with Crippen LogP contribution in [0.15, 0.2) is 30.5 Å². The van der Waals surface area contributed by atoms with Gasteiger partial charge < -0.3 is 10.1 Å². The second-order valence-corrected chi connectivity index (χ2v) is 8.17. The van der Waals surface area contributed by atoms with E-state index in [-0.39, 0.29) is 5.54 Å². The van der Waals surface area contributed by atoms with E-state index in [1.54, 1.807) is 6.20 Å². The lowest BCUT2D eigenvalue weighted by atomic mass is 9.95. The molecule has 1 N–H and O–H groups in total. The molecule has 1 unspecified atom stereocenters. The Morgan fingerprint density at radius 1 is 1.22 bits per heavy atom. The molecule has 1 aromatic heterocycles. The van der Waals surface area contributed by atoms with Gasteiger partial charge in [0.1, 0.15) is 0 Å². The number of fused-ring (bicyclic) bond motifs is 1. The Labute approximate surface area is 160 Å². The number of nitrogens with one attached hydrogen (secondary N) is 1. The van der Waals surface area contributed by atoms with Crippen LogP contribution in [0.3, 0.4) is 0 Å². The molecular formula is C19H22F3N3OS. The zero-order valence-electron chi connectivity index (χ0n) is 14.9. The Bertz CT molecular complexity index is 802. The van der Waals surface area contributed by atoms with Gasteiger partial charge in [-0.2, -0.15) is 24.9 Å². The van der Waals surface area contributed by atoms with Crippen molar-refractivity contribution in [1.29, 1.82) is 0 Å². The molecule has 1 atom stereocenters. The van der Waals surface area contributed by atoms with Crippen LogP contribution in [0.2, 0.25) is 0 Å². The van der Waals surface area contributed by atoms with E-state index in [0.29, 0.717) is 10.9 Å². The SMILES string of the molecule is FC(F)(F)c1ccc2c(NCC3(N4CCOCC4)CCSC3)ccnc2c1. The van der Waals surface area contributed by atoms with Crippen LogP contribution in [0, 0.1) is 0 Å². The van der Waals surface area contributed by atoms with Crippen molar-refractivity contribution in [2.75, 3.05) is 49.7 Å². The first kappa shape index (κ1) is 18.8. The van der Waals surface area contributed by atoms with Crippen LogP contribution in [0.5, 0.6) is 0 Å². The molecule has 146 valence electrons. The fourth-order valence-corrected chi connectivity index (χ4v) is 5.35. The summed E-state index contributed by atoms with van der Waals surface area (Å²) in [5.41, 5.74) is 0.585. The molecule has 0 bridgehead atoms. The minimum absolute atomic E-state index is 0.0654. The summed E-state index contributed by atoms with van der Waals surface area (Å²) >= 11 is 1.96. The van der Waals surface area contributed by atoms with E-state index in [1.807, 2.05) is 17.8 Å². The molecule has 0 aliphatic carbocycles. The monoisotopic (exact) mass is 397 g/mol. The molecule has 0 radical (unpaired) electrons. The molecule has 2 aromatic rings. The third-order valence-corrected chi connectivity index (χ3v) is 6.68. The molecule has 2 fully saturated rings. The molecule has 8 heteroatoms. The normalized spacial score (nSPS) is 24.4. The fourth-order valence-electron chi connectivity index (χ4n) is 3.87. The van der Waals surface area contributed by atoms with Crippen LogP contribution < -0.4 is 5.32 Å². The van der Waals surface area contributed by atoms with Crippen molar-refractivity contribution in [3.63, 3.8) is 0 Å². The van der Waals surface area contributed by atoms with Gasteiger partial charge in [-0.05, 0) is 30.4 Å². The zero-order valence-corrected chi connectivity index (χ0v) is 15.7. The molecule has 27 heavy (non-hydrogen) atoms. The number of aromatic nitrogens is 1. The Morgan fingerprint density at radius 3 is 2.74 bits per heavy atom. The number of anilines is 1. The molecule has 4 nitrogen and oxygen atoms in total. The standard InChI is InChI=1S/C19H22F3N3OS/c20-19(21,22)14-1-2-15-16(3-5-23-17(15)11-14)24-12-18(4-10-27-13-18)25-6-8-26-9-7-25/h1-3,5,11H,4,6-10,12-13H2,(H,23,24). The smallest absolute Gasteiger partial charge is 0.383 e. The molecule has 4 rings (SSSR count). The molecule has 2 aliphatic rings. The highest BCUT2D eigenvalue weighted by molar-refractivity contribution is 7.99. The Kier molecular flexibility index (Phi) is 5.22. The van der Waals surface area contributed by atoms with Gasteiger partial charge in [-0.1, -0.05) is 6.07 Å². The predicted octanol–water partition coefficient (Wildman–Crippen LogP) is 3.87. The van der Waals surface area contributed by atoms with Crippen molar-refractivity contribution in [3.8, 4) is 0 Å². The third kappa shape index (κ3) is 3.88. The van der Waals surface area contributed by atoms with Crippen molar-refractivity contribution < 1.29 is 17.9 Å². The van der Waals surface area contributed by atoms with E-state index in [2.05, 4.69) is 15.2 Å². The van der Waals surface area contributed by atoms with Crippen molar-refractivity contribution in [3.05, 3.63) is 36.0 Å². The summed E-state index contributed by atoms with van der Waals surface area (Å²) in [6.45, 7) is 4.12. The third-order valence-electron chi connectivity index (χ3n) is 5.44. The molecule has 3 heterocycles. The minimum atomic E-state index is -4.36. The fraction of sp³-hybridized carbons (Fsp3) is 0.526. The average Bonchev–Trinajstić information content (AvgIpc) is 3.16. The van der Waals surface area contributed by atoms with Crippen molar-refractivity contribution in [1.82, 2.24) is 9.88 Å². The Morgan fingerprint density at radius 2 is 2.04 bits per heavy atom. The second kappa shape index (κ2) is 7.48. The largest absolute Gasteiger partial charge is 0.416 e. The highest BCUT2D eigenvalue weighted by atomic mass is 32.2. The van der Waals surface area contributed by atoms with E-state index in [9.17, 15) is 13.2 Å². The summed E-state index contributed by atoms with van der Waals surface area (Å²) in [6.07, 6.45) is -1.69. The number of morpholine rings is 1. The molecular weight excluding hydrogens is 375 g/mol. The summed E-state index contributed by atoms with van der Waals surface area (Å²) in [5, 5.41) is 4.22. The summed E-state index contributed by atoms with van der Waals surface area (Å²) in [5.74, 6) is 2.19. The summed E-state index contributed by atoms with van der Waals surface area (Å²) in [4.78, 5) is 6.64. The number of hydrogen-bond donors (Lipinski definition) is 1. The van der Waals surface area contributed by atoms with E-state index >= 15 is 0 Å². The van der Waals surface area contributed by atoms with Gasteiger partial charge in [0.05, 0.1) is 24.3 Å². The van der Waals surface area contributed by atoms with Crippen LogP contribution in [-0.4, -0.2) is 59.8 Å². The number of ether oxygens (including phenoxy) is 1. The van der Waals surface area contributed by atoms with Crippen LogP contribution in [-0.2, 0) is 10.9 Å². The maximum Gasteiger partial charge on any atom is 0.416 e. The van der Waals surface area contributed by atoms with Gasteiger partial charge in [0.2, 0.25) is 0 Å². The van der Waals surface area contributed by atoms with E-state index in [1.165, 1.54) is 6.07 Å². The highest BCUT2D eigenvalue weighted by Gasteiger charge is 2.40. The van der Waals surface area contributed by atoms with Gasteiger partial charge in [0, 0.05) is 48.2 Å². The minimum Gasteiger partial charge on any atom is -0.383 e. The number of benzene rings is 1. The number of hydrogen-bond acceptors (Lipinski definition) is 5. The van der Waals surface area contributed by atoms with Crippen LogP contribution in [0.4, 0.5) is 18.9 Å². The second-order valence-electron chi connectivity index (χ2n) is 7.07. The number of thioether (sulfide) groups is 1. The zero-order chi connectivity index (χ0) is 18.9. The van der Waals surface area contributed by atoms with E-state index in [0.717, 1.165) is 68.6 Å². The predicted molar refractivity (Wildman–Crippen MR) is 102 cm³/mol. The van der Waals surface area contributed by atoms with Gasteiger partial charge in [0.15, 0.2) is 0 Å². The van der Waals surface area contributed by atoms with Crippen LogP contribution in [0.25, 0.3) is 10.9 Å². The van der Waals surface area contributed by atoms with Gasteiger partial charge in [0.25, 0.3) is 0 Å². The molecule has 2 saturated heterocycles. The molecule has 0 spiro atoms. The van der Waals surface area contributed by atoms with Crippen molar-refractivity contribution in [2.24, 2.45) is 0 Å². The number of nitrogens with zero attached hydrogens (tertiary/aromatic N) is 2. The molecule has 0 amide bonds. The lowest BCUT2D eigenvalue weighted by molar-refractivity contribution is -0.137. The van der Waals surface area contributed by atoms with Crippen molar-refractivity contribution in [2.45, 2.75) is 18.1 Å². The number of pyridine rings is 1. The van der Waals surface area contributed by atoms with Gasteiger partial charge >= 0.3 is 6.18 Å². The van der Waals surface area contributed by atoms with Gasteiger partial charge in [-0.25, -0.2) is 0 Å². The first-order chi connectivity index (χ1) is 13.0. The number of alkyl halides is 3. The highest BCUT2D eigenvalue weighted by Crippen LogP contribution is 2.36. The van der Waals surface area contributed by atoms with E-state index in [4.69, 9.17) is 4.74 Å². The maximum atomic E-state index is 13.0. The summed E-state index contributed by atoms with van der Waals surface area (Å²) < 4.78 is 44.4.